The van der Waals surface area contributed by atoms with Gasteiger partial charge in [-0.2, -0.15) is 0 Å². The summed E-state index contributed by atoms with van der Waals surface area (Å²) >= 11 is 0. The van der Waals surface area contributed by atoms with Gasteiger partial charge in [-0.3, -0.25) is 0 Å². The number of ether oxygens (including phenoxy) is 3. The van der Waals surface area contributed by atoms with Gasteiger partial charge in [0.15, 0.2) is 0 Å². The average Bonchev–Trinajstić information content (AvgIpc) is 2.35. The Morgan fingerprint density at radius 2 is 2.00 bits per heavy atom. The van der Waals surface area contributed by atoms with E-state index in [-0.39, 0.29) is 17.6 Å². The zero-order valence-corrected chi connectivity index (χ0v) is 11.3. The van der Waals surface area contributed by atoms with Gasteiger partial charge in [0.2, 0.25) is 0 Å². The van der Waals surface area contributed by atoms with Crippen molar-refractivity contribution < 1.29 is 19.3 Å². The lowest BCUT2D eigenvalue weighted by Crippen LogP contribution is -2.56. The normalized spacial score (nSPS) is 32.5. The van der Waals surface area contributed by atoms with E-state index in [2.05, 4.69) is 13.8 Å². The fourth-order valence-corrected chi connectivity index (χ4v) is 2.17. The molecule has 1 aliphatic rings. The molecule has 0 heterocycles. The molecule has 0 bridgehead atoms. The van der Waals surface area contributed by atoms with Gasteiger partial charge >= 0.3 is 0 Å². The van der Waals surface area contributed by atoms with E-state index in [0.717, 1.165) is 32.5 Å². The molecular formula is C13H26O4. The first-order chi connectivity index (χ1) is 8.15. The van der Waals surface area contributed by atoms with E-state index >= 15 is 0 Å². The van der Waals surface area contributed by atoms with Crippen LogP contribution in [0.5, 0.6) is 0 Å². The van der Waals surface area contributed by atoms with Gasteiger partial charge in [-0.05, 0) is 12.8 Å². The molecule has 4 nitrogen and oxygen atoms in total. The molecule has 0 aromatic heterocycles. The Morgan fingerprint density at radius 3 is 2.59 bits per heavy atom. The van der Waals surface area contributed by atoms with Crippen LogP contribution in [0.25, 0.3) is 0 Å². The number of aliphatic hydroxyl groups excluding tert-OH is 1. The highest BCUT2D eigenvalue weighted by atomic mass is 16.5. The molecule has 0 aromatic carbocycles. The molecule has 0 amide bonds. The van der Waals surface area contributed by atoms with Crippen LogP contribution in [-0.4, -0.2) is 50.9 Å². The number of hydrogen-bond acceptors (Lipinski definition) is 4. The number of aliphatic hydroxyl groups is 1. The van der Waals surface area contributed by atoms with Gasteiger partial charge in [0.05, 0.1) is 25.4 Å². The van der Waals surface area contributed by atoms with Crippen LogP contribution in [0.3, 0.4) is 0 Å². The summed E-state index contributed by atoms with van der Waals surface area (Å²) in [5, 5.41) is 9.71. The van der Waals surface area contributed by atoms with Gasteiger partial charge in [-0.15, -0.1) is 0 Å². The monoisotopic (exact) mass is 246 g/mol. The summed E-state index contributed by atoms with van der Waals surface area (Å²) in [6.45, 7) is 6.88. The molecule has 0 aliphatic heterocycles. The Hall–Kier alpha value is -0.160. The topological polar surface area (TPSA) is 47.9 Å². The third-order valence-corrected chi connectivity index (χ3v) is 3.88. The molecule has 1 saturated carbocycles. The van der Waals surface area contributed by atoms with E-state index in [1.807, 2.05) is 0 Å². The van der Waals surface area contributed by atoms with Crippen LogP contribution in [-0.2, 0) is 14.2 Å². The second-order valence-corrected chi connectivity index (χ2v) is 4.93. The van der Waals surface area contributed by atoms with E-state index in [1.54, 1.807) is 7.11 Å². The van der Waals surface area contributed by atoms with Crippen molar-refractivity contribution in [3.05, 3.63) is 0 Å². The minimum atomic E-state index is -0.208. The van der Waals surface area contributed by atoms with Gasteiger partial charge < -0.3 is 19.3 Å². The maximum absolute atomic E-state index is 9.71. The first-order valence-electron chi connectivity index (χ1n) is 6.51. The third kappa shape index (κ3) is 3.91. The maximum Gasteiger partial charge on any atom is 0.0704 e. The quantitative estimate of drug-likeness (QED) is 0.628. The Bertz CT molecular complexity index is 210. The van der Waals surface area contributed by atoms with Gasteiger partial charge in [0.1, 0.15) is 0 Å². The van der Waals surface area contributed by atoms with Crippen LogP contribution in [0.1, 0.15) is 33.1 Å². The second kappa shape index (κ2) is 7.31. The largest absolute Gasteiger partial charge is 0.392 e. The van der Waals surface area contributed by atoms with Crippen molar-refractivity contribution in [2.45, 2.75) is 45.3 Å². The van der Waals surface area contributed by atoms with Crippen molar-refractivity contribution in [3.63, 3.8) is 0 Å². The molecule has 1 N–H and O–H groups in total. The molecule has 1 aliphatic carbocycles. The van der Waals surface area contributed by atoms with Gasteiger partial charge in [0.25, 0.3) is 0 Å². The molecule has 0 spiro atoms. The highest BCUT2D eigenvalue weighted by molar-refractivity contribution is 5.00. The molecule has 4 heteroatoms. The van der Waals surface area contributed by atoms with Crippen LogP contribution in [0.15, 0.2) is 0 Å². The lowest BCUT2D eigenvalue weighted by Gasteiger charge is -2.50. The number of rotatable bonds is 9. The molecule has 102 valence electrons. The summed E-state index contributed by atoms with van der Waals surface area (Å²) in [4.78, 5) is 0. The first-order valence-corrected chi connectivity index (χ1v) is 6.51. The molecule has 3 atom stereocenters. The summed E-state index contributed by atoms with van der Waals surface area (Å²) in [7, 11) is 1.69. The van der Waals surface area contributed by atoms with E-state index in [0.29, 0.717) is 13.2 Å². The minimum absolute atomic E-state index is 0.0595. The summed E-state index contributed by atoms with van der Waals surface area (Å²) in [5.74, 6) is 0. The summed E-state index contributed by atoms with van der Waals surface area (Å²) in [5.41, 5.74) is -0.0595. The molecule has 0 aromatic rings. The maximum atomic E-state index is 9.71. The van der Waals surface area contributed by atoms with Crippen molar-refractivity contribution in [3.8, 4) is 0 Å². The van der Waals surface area contributed by atoms with E-state index in [1.165, 1.54) is 0 Å². The van der Waals surface area contributed by atoms with Crippen LogP contribution >= 0.6 is 0 Å². The zero-order valence-electron chi connectivity index (χ0n) is 11.3. The highest BCUT2D eigenvalue weighted by Gasteiger charge is 2.50. The van der Waals surface area contributed by atoms with Crippen LogP contribution in [0, 0.1) is 5.41 Å². The zero-order chi connectivity index (χ0) is 12.7. The molecular weight excluding hydrogens is 220 g/mol. The lowest BCUT2D eigenvalue weighted by atomic mass is 9.63. The molecule has 0 saturated heterocycles. The van der Waals surface area contributed by atoms with Crippen molar-refractivity contribution in [1.29, 1.82) is 0 Å². The standard InChI is InChI=1S/C13H26O4/c1-4-13(2)11(14)10-12(13)17-9-8-16-7-5-6-15-3/h11-12,14H,4-10H2,1-3H3. The predicted octanol–water partition coefficient (Wildman–Crippen LogP) is 1.61. The summed E-state index contributed by atoms with van der Waals surface area (Å²) in [6.07, 6.45) is 2.61. The van der Waals surface area contributed by atoms with Gasteiger partial charge in [-0.25, -0.2) is 0 Å². The Balaban J connectivity index is 2.00. The fraction of sp³-hybridized carbons (Fsp3) is 1.00. The Morgan fingerprint density at radius 1 is 1.24 bits per heavy atom. The molecule has 0 radical (unpaired) electrons. The number of methoxy groups -OCH3 is 1. The Kier molecular flexibility index (Phi) is 6.41. The minimum Gasteiger partial charge on any atom is -0.392 e. The number of hydrogen-bond donors (Lipinski definition) is 1. The summed E-state index contributed by atoms with van der Waals surface area (Å²) in [6, 6.07) is 0. The smallest absolute Gasteiger partial charge is 0.0704 e. The first kappa shape index (κ1) is 14.9. The Labute approximate surface area is 104 Å². The van der Waals surface area contributed by atoms with Gasteiger partial charge in [0, 0.05) is 32.2 Å². The van der Waals surface area contributed by atoms with Crippen LogP contribution in [0.4, 0.5) is 0 Å². The van der Waals surface area contributed by atoms with E-state index in [9.17, 15) is 5.11 Å². The van der Waals surface area contributed by atoms with E-state index < -0.39 is 0 Å². The van der Waals surface area contributed by atoms with Crippen LogP contribution < -0.4 is 0 Å². The highest BCUT2D eigenvalue weighted by Crippen LogP contribution is 2.45. The SMILES string of the molecule is CCC1(C)C(O)CC1OCCOCCCOC. The molecule has 3 unspecified atom stereocenters. The van der Waals surface area contributed by atoms with Crippen molar-refractivity contribution in [2.75, 3.05) is 33.5 Å². The van der Waals surface area contributed by atoms with Crippen LogP contribution in [0.2, 0.25) is 0 Å². The van der Waals surface area contributed by atoms with Gasteiger partial charge in [-0.1, -0.05) is 13.8 Å². The lowest BCUT2D eigenvalue weighted by molar-refractivity contribution is -0.189. The molecule has 17 heavy (non-hydrogen) atoms. The second-order valence-electron chi connectivity index (χ2n) is 4.93. The van der Waals surface area contributed by atoms with Crippen molar-refractivity contribution in [2.24, 2.45) is 5.41 Å². The van der Waals surface area contributed by atoms with Crippen molar-refractivity contribution in [1.82, 2.24) is 0 Å². The molecule has 1 rings (SSSR count). The van der Waals surface area contributed by atoms with Crippen molar-refractivity contribution >= 4 is 0 Å². The molecule has 1 fully saturated rings. The fourth-order valence-electron chi connectivity index (χ4n) is 2.17. The average molecular weight is 246 g/mol. The predicted molar refractivity (Wildman–Crippen MR) is 66.1 cm³/mol. The van der Waals surface area contributed by atoms with E-state index in [4.69, 9.17) is 14.2 Å². The summed E-state index contributed by atoms with van der Waals surface area (Å²) < 4.78 is 16.1. The third-order valence-electron chi connectivity index (χ3n) is 3.88.